The van der Waals surface area contributed by atoms with Gasteiger partial charge in [-0.1, -0.05) is 31.7 Å². The minimum absolute atomic E-state index is 0. The fourth-order valence-corrected chi connectivity index (χ4v) is 1.56. The van der Waals surface area contributed by atoms with Crippen molar-refractivity contribution in [1.82, 2.24) is 0 Å². The lowest BCUT2D eigenvalue weighted by Crippen LogP contribution is -1.78. The standard InChI is InChI=1S/2C8H10O2.CH4/c2*1-5-3-4-6(2)8(10)7(5)9;/h2*3-4,9-10H,1-2H3;1H4. The van der Waals surface area contributed by atoms with Crippen LogP contribution in [0.5, 0.6) is 23.0 Å². The van der Waals surface area contributed by atoms with E-state index >= 15 is 0 Å². The molecule has 0 amide bonds. The molecule has 2 rings (SSSR count). The molecule has 4 nitrogen and oxygen atoms in total. The molecule has 4 heteroatoms. The van der Waals surface area contributed by atoms with Crippen LogP contribution in [0, 0.1) is 27.7 Å². The van der Waals surface area contributed by atoms with Gasteiger partial charge in [0.05, 0.1) is 0 Å². The van der Waals surface area contributed by atoms with Crippen molar-refractivity contribution < 1.29 is 20.4 Å². The van der Waals surface area contributed by atoms with E-state index in [0.29, 0.717) is 22.3 Å². The Hall–Kier alpha value is -2.36. The zero-order valence-corrected chi connectivity index (χ0v) is 12.1. The van der Waals surface area contributed by atoms with Crippen LogP contribution in [-0.2, 0) is 0 Å². The molecule has 21 heavy (non-hydrogen) atoms. The summed E-state index contributed by atoms with van der Waals surface area (Å²) in [6, 6.07) is 7.07. The van der Waals surface area contributed by atoms with Gasteiger partial charge >= 0.3 is 0 Å². The number of phenols is 4. The summed E-state index contributed by atoms with van der Waals surface area (Å²) in [4.78, 5) is 0. The molecule has 2 aromatic carbocycles. The Kier molecular flexibility index (Phi) is 6.59. The molecule has 116 valence electrons. The maximum absolute atomic E-state index is 9.14. The van der Waals surface area contributed by atoms with Gasteiger partial charge in [0.2, 0.25) is 0 Å². The Morgan fingerprint density at radius 1 is 0.476 bits per heavy atom. The first-order valence-electron chi connectivity index (χ1n) is 6.22. The summed E-state index contributed by atoms with van der Waals surface area (Å²) in [5, 5.41) is 36.5. The van der Waals surface area contributed by atoms with Gasteiger partial charge in [0.15, 0.2) is 23.0 Å². The molecule has 0 unspecified atom stereocenters. The largest absolute Gasteiger partial charge is 0.504 e. The Morgan fingerprint density at radius 3 is 0.762 bits per heavy atom. The molecular formula is C17H24O4. The lowest BCUT2D eigenvalue weighted by molar-refractivity contribution is 0.398. The number of rotatable bonds is 0. The smallest absolute Gasteiger partial charge is 0.160 e. The van der Waals surface area contributed by atoms with E-state index in [4.69, 9.17) is 20.4 Å². The third-order valence-electron chi connectivity index (χ3n) is 3.11. The quantitative estimate of drug-likeness (QED) is 0.552. The SMILES string of the molecule is C.Cc1ccc(C)c(O)c1O.Cc1ccc(C)c(O)c1O. The number of phenolic OH excluding ortho intramolecular Hbond substituents is 4. The van der Waals surface area contributed by atoms with E-state index in [0.717, 1.165) is 0 Å². The number of hydrogen-bond acceptors (Lipinski definition) is 4. The van der Waals surface area contributed by atoms with Gasteiger partial charge in [-0.25, -0.2) is 0 Å². The van der Waals surface area contributed by atoms with Crippen molar-refractivity contribution >= 4 is 0 Å². The Morgan fingerprint density at radius 2 is 0.619 bits per heavy atom. The van der Waals surface area contributed by atoms with E-state index in [-0.39, 0.29) is 30.4 Å². The molecule has 0 atom stereocenters. The fourth-order valence-electron chi connectivity index (χ4n) is 1.56. The van der Waals surface area contributed by atoms with Gasteiger partial charge in [0.25, 0.3) is 0 Å². The summed E-state index contributed by atoms with van der Waals surface area (Å²) < 4.78 is 0. The molecule has 0 saturated heterocycles. The van der Waals surface area contributed by atoms with Crippen LogP contribution in [0.3, 0.4) is 0 Å². The highest BCUT2D eigenvalue weighted by Gasteiger charge is 2.04. The van der Waals surface area contributed by atoms with Crippen LogP contribution >= 0.6 is 0 Å². The molecule has 0 aliphatic carbocycles. The molecule has 0 aliphatic rings. The highest BCUT2D eigenvalue weighted by Crippen LogP contribution is 2.31. The average Bonchev–Trinajstić information content (AvgIpc) is 2.43. The van der Waals surface area contributed by atoms with Crippen LogP contribution in [0.4, 0.5) is 0 Å². The van der Waals surface area contributed by atoms with Crippen LogP contribution in [0.1, 0.15) is 29.7 Å². The van der Waals surface area contributed by atoms with Crippen LogP contribution in [0.15, 0.2) is 24.3 Å². The molecule has 0 bridgehead atoms. The van der Waals surface area contributed by atoms with Gasteiger partial charge in [-0.3, -0.25) is 0 Å². The lowest BCUT2D eigenvalue weighted by atomic mass is 10.1. The summed E-state index contributed by atoms with van der Waals surface area (Å²) in [6.07, 6.45) is 0. The minimum Gasteiger partial charge on any atom is -0.504 e. The Balaban J connectivity index is 0.000000364. The van der Waals surface area contributed by atoms with Crippen molar-refractivity contribution in [2.75, 3.05) is 0 Å². The Labute approximate surface area is 126 Å². The molecule has 0 spiro atoms. The summed E-state index contributed by atoms with van der Waals surface area (Å²) in [5.74, 6) is -0.0556. The summed E-state index contributed by atoms with van der Waals surface area (Å²) in [7, 11) is 0. The molecule has 4 N–H and O–H groups in total. The Bertz CT molecular complexity index is 509. The molecule has 0 heterocycles. The molecule has 0 saturated carbocycles. The van der Waals surface area contributed by atoms with Gasteiger partial charge < -0.3 is 20.4 Å². The minimum atomic E-state index is -0.0139. The second kappa shape index (κ2) is 7.43. The predicted octanol–water partition coefficient (Wildman–Crippen LogP) is 4.07. The summed E-state index contributed by atoms with van der Waals surface area (Å²) in [6.45, 7) is 6.98. The summed E-state index contributed by atoms with van der Waals surface area (Å²) in [5.41, 5.74) is 2.79. The van der Waals surface area contributed by atoms with Gasteiger partial charge in [-0.2, -0.15) is 0 Å². The van der Waals surface area contributed by atoms with Gasteiger partial charge in [0, 0.05) is 0 Å². The van der Waals surface area contributed by atoms with Crippen molar-refractivity contribution in [3.63, 3.8) is 0 Å². The van der Waals surface area contributed by atoms with Gasteiger partial charge in [0.1, 0.15) is 0 Å². The first-order valence-corrected chi connectivity index (χ1v) is 6.22. The fraction of sp³-hybridized carbons (Fsp3) is 0.294. The van der Waals surface area contributed by atoms with E-state index in [1.807, 2.05) is 0 Å². The second-order valence-electron chi connectivity index (χ2n) is 4.79. The van der Waals surface area contributed by atoms with E-state index in [1.54, 1.807) is 52.0 Å². The van der Waals surface area contributed by atoms with E-state index < -0.39 is 0 Å². The number of benzene rings is 2. The van der Waals surface area contributed by atoms with Crippen molar-refractivity contribution in [1.29, 1.82) is 0 Å². The van der Waals surface area contributed by atoms with Crippen molar-refractivity contribution in [2.24, 2.45) is 0 Å². The molecule has 0 radical (unpaired) electrons. The zero-order chi connectivity index (χ0) is 15.4. The molecular weight excluding hydrogens is 268 g/mol. The maximum Gasteiger partial charge on any atom is 0.160 e. The average molecular weight is 292 g/mol. The highest BCUT2D eigenvalue weighted by molar-refractivity contribution is 5.49. The number of aryl methyl sites for hydroxylation is 4. The third kappa shape index (κ3) is 4.31. The van der Waals surface area contributed by atoms with Crippen LogP contribution in [0.2, 0.25) is 0 Å². The zero-order valence-electron chi connectivity index (χ0n) is 12.1. The second-order valence-corrected chi connectivity index (χ2v) is 4.79. The van der Waals surface area contributed by atoms with E-state index in [9.17, 15) is 0 Å². The molecule has 2 aromatic rings. The van der Waals surface area contributed by atoms with Crippen molar-refractivity contribution in [3.05, 3.63) is 46.5 Å². The third-order valence-corrected chi connectivity index (χ3v) is 3.11. The van der Waals surface area contributed by atoms with Crippen molar-refractivity contribution in [3.8, 4) is 23.0 Å². The molecule has 0 aliphatic heterocycles. The first-order chi connectivity index (χ1) is 9.25. The van der Waals surface area contributed by atoms with Crippen molar-refractivity contribution in [2.45, 2.75) is 35.1 Å². The van der Waals surface area contributed by atoms with E-state index in [2.05, 4.69) is 0 Å². The maximum atomic E-state index is 9.14. The normalized spacial score (nSPS) is 9.33. The van der Waals surface area contributed by atoms with E-state index in [1.165, 1.54) is 0 Å². The topological polar surface area (TPSA) is 80.9 Å². The van der Waals surface area contributed by atoms with Crippen LogP contribution in [0.25, 0.3) is 0 Å². The monoisotopic (exact) mass is 292 g/mol. The van der Waals surface area contributed by atoms with Gasteiger partial charge in [-0.15, -0.1) is 0 Å². The summed E-state index contributed by atoms with van der Waals surface area (Å²) >= 11 is 0. The number of aromatic hydroxyl groups is 4. The number of hydrogen-bond donors (Lipinski definition) is 4. The first kappa shape index (κ1) is 18.6. The molecule has 0 fully saturated rings. The predicted molar refractivity (Wildman–Crippen MR) is 85.2 cm³/mol. The molecule has 0 aromatic heterocycles. The van der Waals surface area contributed by atoms with Crippen LogP contribution < -0.4 is 0 Å². The van der Waals surface area contributed by atoms with Crippen LogP contribution in [-0.4, -0.2) is 20.4 Å². The lowest BCUT2D eigenvalue weighted by Gasteiger charge is -2.02. The van der Waals surface area contributed by atoms with Gasteiger partial charge in [-0.05, 0) is 49.9 Å². The highest BCUT2D eigenvalue weighted by atomic mass is 16.3.